The van der Waals surface area contributed by atoms with Gasteiger partial charge >= 0.3 is 5.69 Å². The Bertz CT molecular complexity index is 1410. The summed E-state index contributed by atoms with van der Waals surface area (Å²) in [6.45, 7) is 7.71. The highest BCUT2D eigenvalue weighted by Gasteiger charge is 2.24. The third kappa shape index (κ3) is 7.76. The van der Waals surface area contributed by atoms with E-state index in [0.717, 1.165) is 16.0 Å². The first-order chi connectivity index (χ1) is 19.0. The lowest BCUT2D eigenvalue weighted by Crippen LogP contribution is -2.53. The van der Waals surface area contributed by atoms with E-state index in [1.807, 2.05) is 19.9 Å². The molecule has 3 rings (SSSR count). The fraction of sp³-hybridized carbons (Fsp3) is 0.500. The van der Waals surface area contributed by atoms with Gasteiger partial charge in [-0.25, -0.2) is 9.18 Å². The highest BCUT2D eigenvalue weighted by atomic mass is 32.2. The van der Waals surface area contributed by atoms with Crippen molar-refractivity contribution in [2.24, 2.45) is 5.16 Å². The molecule has 0 amide bonds. The third-order valence-corrected chi connectivity index (χ3v) is 7.31. The molecule has 10 nitrogen and oxygen atoms in total. The maximum atomic E-state index is 14.3. The number of hydrogen-bond acceptors (Lipinski definition) is 9. The fourth-order valence-electron chi connectivity index (χ4n) is 4.18. The Morgan fingerprint density at radius 1 is 1.35 bits per heavy atom. The van der Waals surface area contributed by atoms with Gasteiger partial charge in [0.15, 0.2) is 0 Å². The van der Waals surface area contributed by atoms with Crippen LogP contribution in [0.25, 0.3) is 0 Å². The summed E-state index contributed by atoms with van der Waals surface area (Å²) in [4.78, 5) is 33.9. The Labute approximate surface area is 237 Å². The van der Waals surface area contributed by atoms with Crippen molar-refractivity contribution in [1.82, 2.24) is 9.24 Å². The Balaban J connectivity index is 2.13. The largest absolute Gasteiger partial charge is 0.496 e. The van der Waals surface area contributed by atoms with Crippen LogP contribution >= 0.6 is 11.8 Å². The molecular weight excluding hydrogens is 537 g/mol. The van der Waals surface area contributed by atoms with E-state index in [0.29, 0.717) is 28.8 Å². The van der Waals surface area contributed by atoms with E-state index in [-0.39, 0.29) is 31.2 Å². The molecule has 0 N–H and O–H groups in total. The van der Waals surface area contributed by atoms with Gasteiger partial charge in [-0.3, -0.25) is 9.36 Å². The van der Waals surface area contributed by atoms with Crippen molar-refractivity contribution in [3.63, 3.8) is 0 Å². The van der Waals surface area contributed by atoms with E-state index in [4.69, 9.17) is 19.6 Å². The van der Waals surface area contributed by atoms with Gasteiger partial charge in [0.1, 0.15) is 23.8 Å². The monoisotopic (exact) mass is 573 g/mol. The van der Waals surface area contributed by atoms with Crippen molar-refractivity contribution in [2.75, 3.05) is 32.3 Å². The molecule has 2 heterocycles. The molecule has 0 radical (unpaired) electrons. The third-order valence-electron chi connectivity index (χ3n) is 6.11. The maximum absolute atomic E-state index is 14.3. The normalized spacial score (nSPS) is 16.0. The number of nitrogens with zero attached hydrogens (tertiary/aromatic N) is 5. The van der Waals surface area contributed by atoms with Gasteiger partial charge in [-0.05, 0) is 45.4 Å². The van der Waals surface area contributed by atoms with E-state index >= 15 is 0 Å². The lowest BCUT2D eigenvalue weighted by molar-refractivity contribution is 0.0410. The van der Waals surface area contributed by atoms with Gasteiger partial charge < -0.3 is 19.3 Å². The Morgan fingerprint density at radius 3 is 2.73 bits per heavy atom. The van der Waals surface area contributed by atoms with Gasteiger partial charge in [-0.15, -0.1) is 11.8 Å². The first kappa shape index (κ1) is 31.0. The summed E-state index contributed by atoms with van der Waals surface area (Å²) in [7, 11) is 3.13. The van der Waals surface area contributed by atoms with E-state index in [1.54, 1.807) is 30.7 Å². The minimum absolute atomic E-state index is 0.0499. The minimum Gasteiger partial charge on any atom is -0.496 e. The Hall–Kier alpha value is -3.56. The number of likely N-dealkylation sites (N-methyl/N-ethyl adjacent to an activating group) is 1. The lowest BCUT2D eigenvalue weighted by Gasteiger charge is -2.25. The zero-order chi connectivity index (χ0) is 29.4. The van der Waals surface area contributed by atoms with Crippen molar-refractivity contribution < 1.29 is 18.7 Å². The highest BCUT2D eigenvalue weighted by molar-refractivity contribution is 8.03. The Morgan fingerprint density at radius 2 is 2.10 bits per heavy atom. The second-order valence-electron chi connectivity index (χ2n) is 9.73. The van der Waals surface area contributed by atoms with E-state index in [2.05, 4.69) is 18.2 Å². The van der Waals surface area contributed by atoms with Crippen molar-refractivity contribution >= 4 is 17.5 Å². The number of hydrogen-bond donors (Lipinski definition) is 0. The van der Waals surface area contributed by atoms with Crippen LogP contribution < -0.4 is 21.0 Å². The number of methoxy groups -OCH3 is 1. The predicted molar refractivity (Wildman–Crippen MR) is 154 cm³/mol. The van der Waals surface area contributed by atoms with Crippen molar-refractivity contribution in [1.29, 1.82) is 5.26 Å². The number of halogens is 1. The van der Waals surface area contributed by atoms with E-state index in [9.17, 15) is 14.0 Å². The minimum atomic E-state index is -0.862. The van der Waals surface area contributed by atoms with Crippen LogP contribution in [-0.4, -0.2) is 53.6 Å². The van der Waals surface area contributed by atoms with Gasteiger partial charge in [0.25, 0.3) is 5.56 Å². The van der Waals surface area contributed by atoms with Crippen molar-refractivity contribution in [3.05, 3.63) is 73.2 Å². The average molecular weight is 574 g/mol. The molecule has 0 fully saturated rings. The molecule has 0 bridgehead atoms. The summed E-state index contributed by atoms with van der Waals surface area (Å²) >= 11 is 1.71. The SMILES string of the molecule is COc1ccc(F)cc1C(Cn1cc(/C(C)=N/OC(C)C)c(=O)n(N(C)CC2=CCC(C)S2)c1=O)OCCC#N. The van der Waals surface area contributed by atoms with Crippen LogP contribution in [0.1, 0.15) is 57.8 Å². The van der Waals surface area contributed by atoms with E-state index in [1.165, 1.54) is 36.1 Å². The van der Waals surface area contributed by atoms with Gasteiger partial charge in [0.05, 0.1) is 50.6 Å². The smallest absolute Gasteiger partial charge is 0.350 e. The molecule has 40 heavy (non-hydrogen) atoms. The molecule has 2 aromatic rings. The van der Waals surface area contributed by atoms with Crippen molar-refractivity contribution in [2.45, 2.75) is 64.5 Å². The van der Waals surface area contributed by atoms with Crippen LogP contribution in [0.4, 0.5) is 4.39 Å². The van der Waals surface area contributed by atoms with Crippen LogP contribution in [0.5, 0.6) is 5.75 Å². The number of allylic oxidation sites excluding steroid dienone is 1. The molecule has 0 aliphatic carbocycles. The van der Waals surface area contributed by atoms with Crippen LogP contribution in [-0.2, 0) is 16.1 Å². The van der Waals surface area contributed by atoms with Crippen LogP contribution in [0, 0.1) is 17.1 Å². The number of ether oxygens (including phenoxy) is 2. The summed E-state index contributed by atoms with van der Waals surface area (Å²) in [5, 5.41) is 15.1. The number of aromatic nitrogens is 2. The average Bonchev–Trinajstić information content (AvgIpc) is 3.32. The lowest BCUT2D eigenvalue weighted by atomic mass is 10.1. The second kappa shape index (κ2) is 14.2. The fourth-order valence-corrected chi connectivity index (χ4v) is 5.34. The standard InChI is InChI=1S/C28H36FN5O5S/c1-18(2)39-31-20(4)24-16-33(28(36)34(27(24)35)32(5)15-22-10-8-19(3)40-22)17-26(38-13-7-12-30)23-14-21(29)9-11-25(23)37-6/h9-11,14,16,18-19,26H,7-8,13,15,17H2,1-6H3/b31-20+. The molecule has 1 aliphatic rings. The van der Waals surface area contributed by atoms with Crippen LogP contribution in [0.15, 0.2) is 50.1 Å². The summed E-state index contributed by atoms with van der Waals surface area (Å²) in [6.07, 6.45) is 3.46. The van der Waals surface area contributed by atoms with Crippen LogP contribution in [0.2, 0.25) is 0 Å². The molecule has 12 heteroatoms. The second-order valence-corrected chi connectivity index (χ2v) is 11.3. The van der Waals surface area contributed by atoms with Gasteiger partial charge in [0, 0.05) is 29.0 Å². The molecule has 1 aromatic heterocycles. The van der Waals surface area contributed by atoms with E-state index < -0.39 is 23.2 Å². The van der Waals surface area contributed by atoms with Gasteiger partial charge in [-0.1, -0.05) is 18.2 Å². The molecule has 0 saturated heterocycles. The topological polar surface area (TPSA) is 111 Å². The molecule has 0 spiro atoms. The van der Waals surface area contributed by atoms with Gasteiger partial charge in [0.2, 0.25) is 0 Å². The summed E-state index contributed by atoms with van der Waals surface area (Å²) in [6, 6.07) is 6.03. The highest BCUT2D eigenvalue weighted by Crippen LogP contribution is 2.32. The molecule has 1 aliphatic heterocycles. The Kier molecular flexibility index (Phi) is 11.0. The first-order valence-corrected chi connectivity index (χ1v) is 13.9. The zero-order valence-corrected chi connectivity index (χ0v) is 24.5. The molecule has 2 atom stereocenters. The quantitative estimate of drug-likeness (QED) is 0.201. The number of benzene rings is 1. The van der Waals surface area contributed by atoms with Crippen molar-refractivity contribution in [3.8, 4) is 11.8 Å². The zero-order valence-electron chi connectivity index (χ0n) is 23.7. The number of oxime groups is 1. The number of thioether (sulfide) groups is 1. The molecule has 0 saturated carbocycles. The summed E-state index contributed by atoms with van der Waals surface area (Å²) < 4.78 is 28.1. The molecule has 2 unspecified atom stereocenters. The predicted octanol–water partition coefficient (Wildman–Crippen LogP) is 3.96. The van der Waals surface area contributed by atoms with Crippen LogP contribution in [0.3, 0.4) is 0 Å². The summed E-state index contributed by atoms with van der Waals surface area (Å²) in [5.74, 6) is -0.141. The molecule has 1 aromatic carbocycles. The van der Waals surface area contributed by atoms with Gasteiger partial charge in [-0.2, -0.15) is 9.94 Å². The molecular formula is C28H36FN5O5S. The number of nitriles is 1. The first-order valence-electron chi connectivity index (χ1n) is 13.0. The maximum Gasteiger partial charge on any atom is 0.350 e. The number of rotatable bonds is 13. The summed E-state index contributed by atoms with van der Waals surface area (Å²) in [5.41, 5.74) is -0.317. The molecule has 216 valence electrons.